The van der Waals surface area contributed by atoms with E-state index in [4.69, 9.17) is 4.74 Å². The van der Waals surface area contributed by atoms with Crippen LogP contribution in [0.3, 0.4) is 0 Å². The number of alkyl halides is 3. The van der Waals surface area contributed by atoms with Crippen LogP contribution in [0, 0.1) is 12.7 Å². The van der Waals surface area contributed by atoms with Crippen molar-refractivity contribution in [3.8, 4) is 5.75 Å². The lowest BCUT2D eigenvalue weighted by molar-refractivity contribution is -0.134. The molecule has 24 heavy (non-hydrogen) atoms. The number of nitrogens with zero attached hydrogens (tertiary/aromatic N) is 1. The molecule has 1 aromatic carbocycles. The molecule has 0 spiro atoms. The van der Waals surface area contributed by atoms with Crippen LogP contribution < -0.4 is 4.74 Å². The van der Waals surface area contributed by atoms with E-state index in [1.54, 1.807) is 13.0 Å². The summed E-state index contributed by atoms with van der Waals surface area (Å²) >= 11 is 0.361. The summed E-state index contributed by atoms with van der Waals surface area (Å²) in [6.07, 6.45) is -4.50. The van der Waals surface area contributed by atoms with E-state index >= 15 is 0 Å². The van der Waals surface area contributed by atoms with Crippen LogP contribution in [0.5, 0.6) is 5.75 Å². The van der Waals surface area contributed by atoms with E-state index in [-0.39, 0.29) is 16.1 Å². The standard InChI is InChI=1S/C16H11F4NO2S/c1-8-5-9-6-12(23-2)10(17)7-11(9)21(8)15(22)13-3-4-14(24-13)16(18,19)20/h3-7H,1-2H3. The molecule has 2 heterocycles. The van der Waals surface area contributed by atoms with Crippen LogP contribution in [-0.4, -0.2) is 17.6 Å². The van der Waals surface area contributed by atoms with E-state index in [9.17, 15) is 22.4 Å². The third kappa shape index (κ3) is 2.66. The Morgan fingerprint density at radius 1 is 1.21 bits per heavy atom. The summed E-state index contributed by atoms with van der Waals surface area (Å²) in [5.74, 6) is -1.26. The Kier molecular flexibility index (Phi) is 3.87. The molecule has 0 fully saturated rings. The average molecular weight is 357 g/mol. The SMILES string of the molecule is COc1cc2cc(C)n(C(=O)c3ccc(C(F)(F)F)s3)c2cc1F. The van der Waals surface area contributed by atoms with E-state index in [0.29, 0.717) is 22.4 Å². The van der Waals surface area contributed by atoms with Crippen molar-refractivity contribution in [1.82, 2.24) is 4.57 Å². The van der Waals surface area contributed by atoms with Crippen LogP contribution in [0.25, 0.3) is 10.9 Å². The molecular weight excluding hydrogens is 346 g/mol. The average Bonchev–Trinajstić information content (AvgIpc) is 3.09. The van der Waals surface area contributed by atoms with E-state index in [0.717, 1.165) is 18.2 Å². The monoisotopic (exact) mass is 357 g/mol. The van der Waals surface area contributed by atoms with Crippen molar-refractivity contribution in [1.29, 1.82) is 0 Å². The van der Waals surface area contributed by atoms with Crippen LogP contribution in [0.15, 0.2) is 30.3 Å². The summed E-state index contributed by atoms with van der Waals surface area (Å²) < 4.78 is 58.1. The predicted octanol–water partition coefficient (Wildman–Crippen LogP) is 4.87. The van der Waals surface area contributed by atoms with Crippen molar-refractivity contribution < 1.29 is 27.1 Å². The molecule has 0 unspecified atom stereocenters. The Morgan fingerprint density at radius 3 is 2.50 bits per heavy atom. The van der Waals surface area contributed by atoms with Gasteiger partial charge in [0.05, 0.1) is 17.5 Å². The molecule has 3 nitrogen and oxygen atoms in total. The van der Waals surface area contributed by atoms with Crippen molar-refractivity contribution in [3.05, 3.63) is 51.6 Å². The van der Waals surface area contributed by atoms with Crippen LogP contribution in [0.4, 0.5) is 17.6 Å². The van der Waals surface area contributed by atoms with Crippen molar-refractivity contribution in [2.24, 2.45) is 0 Å². The van der Waals surface area contributed by atoms with Crippen molar-refractivity contribution >= 4 is 28.1 Å². The zero-order chi connectivity index (χ0) is 17.6. The van der Waals surface area contributed by atoms with Gasteiger partial charge in [0.1, 0.15) is 4.88 Å². The maximum absolute atomic E-state index is 13.9. The first-order valence-electron chi connectivity index (χ1n) is 6.79. The van der Waals surface area contributed by atoms with E-state index in [2.05, 4.69) is 0 Å². The molecule has 0 saturated heterocycles. The Hall–Kier alpha value is -2.35. The van der Waals surface area contributed by atoms with Crippen LogP contribution in [0.2, 0.25) is 0 Å². The summed E-state index contributed by atoms with van der Waals surface area (Å²) in [5, 5.41) is 0.562. The number of hydrogen-bond donors (Lipinski definition) is 0. The van der Waals surface area contributed by atoms with Gasteiger partial charge < -0.3 is 4.74 Å². The van der Waals surface area contributed by atoms with E-state index in [1.165, 1.54) is 17.7 Å². The number of carbonyl (C=O) groups excluding carboxylic acids is 1. The second kappa shape index (κ2) is 5.62. The Bertz CT molecular complexity index is 940. The first-order valence-corrected chi connectivity index (χ1v) is 7.61. The van der Waals surface area contributed by atoms with Gasteiger partial charge in [0, 0.05) is 17.1 Å². The number of halogens is 4. The minimum Gasteiger partial charge on any atom is -0.494 e. The largest absolute Gasteiger partial charge is 0.494 e. The molecule has 0 aliphatic heterocycles. The smallest absolute Gasteiger partial charge is 0.425 e. The molecule has 0 aliphatic rings. The lowest BCUT2D eigenvalue weighted by Crippen LogP contribution is -2.12. The fraction of sp³-hybridized carbons (Fsp3) is 0.188. The number of aromatic nitrogens is 1. The molecule has 3 aromatic rings. The van der Waals surface area contributed by atoms with Gasteiger partial charge in [-0.15, -0.1) is 11.3 Å². The number of fused-ring (bicyclic) bond motifs is 1. The highest BCUT2D eigenvalue weighted by Gasteiger charge is 2.33. The van der Waals surface area contributed by atoms with Crippen molar-refractivity contribution in [3.63, 3.8) is 0 Å². The molecule has 8 heteroatoms. The van der Waals surface area contributed by atoms with Crippen molar-refractivity contribution in [2.45, 2.75) is 13.1 Å². The molecule has 126 valence electrons. The molecule has 0 saturated carbocycles. The number of hydrogen-bond acceptors (Lipinski definition) is 3. The molecular formula is C16H11F4NO2S. The molecule has 0 N–H and O–H groups in total. The number of ether oxygens (including phenoxy) is 1. The predicted molar refractivity (Wildman–Crippen MR) is 82.2 cm³/mol. The summed E-state index contributed by atoms with van der Waals surface area (Å²) in [7, 11) is 1.32. The van der Waals surface area contributed by atoms with Gasteiger partial charge in [-0.1, -0.05) is 0 Å². The number of methoxy groups -OCH3 is 1. The van der Waals surface area contributed by atoms with Gasteiger partial charge in [-0.05, 0) is 31.2 Å². The Morgan fingerprint density at radius 2 is 1.92 bits per heavy atom. The number of benzene rings is 1. The lowest BCUT2D eigenvalue weighted by atomic mass is 10.2. The maximum Gasteiger partial charge on any atom is 0.425 e. The highest BCUT2D eigenvalue weighted by molar-refractivity contribution is 7.14. The minimum atomic E-state index is -4.50. The van der Waals surface area contributed by atoms with Crippen LogP contribution in [-0.2, 0) is 6.18 Å². The minimum absolute atomic E-state index is 0.0302. The van der Waals surface area contributed by atoms with Gasteiger partial charge in [0.2, 0.25) is 0 Å². The summed E-state index contributed by atoms with van der Waals surface area (Å²) in [6, 6.07) is 6.21. The molecule has 0 amide bonds. The number of thiophene rings is 1. The molecule has 2 aromatic heterocycles. The highest BCUT2D eigenvalue weighted by atomic mass is 32.1. The van der Waals surface area contributed by atoms with Gasteiger partial charge in [0.25, 0.3) is 5.91 Å². The molecule has 0 aliphatic carbocycles. The fourth-order valence-corrected chi connectivity index (χ4v) is 3.29. The van der Waals surface area contributed by atoms with Gasteiger partial charge in [-0.25, -0.2) is 4.39 Å². The summed E-state index contributed by atoms with van der Waals surface area (Å²) in [6.45, 7) is 1.63. The first kappa shape index (κ1) is 16.5. The first-order chi connectivity index (χ1) is 11.2. The Balaban J connectivity index is 2.12. The van der Waals surface area contributed by atoms with Gasteiger partial charge in [-0.2, -0.15) is 13.2 Å². The molecule has 0 atom stereocenters. The number of carbonyl (C=O) groups is 1. The van der Waals surface area contributed by atoms with Gasteiger partial charge in [-0.3, -0.25) is 9.36 Å². The summed E-state index contributed by atoms with van der Waals surface area (Å²) in [5.41, 5.74) is 0.766. The highest BCUT2D eigenvalue weighted by Crippen LogP contribution is 2.35. The van der Waals surface area contributed by atoms with E-state index in [1.807, 2.05) is 0 Å². The van der Waals surface area contributed by atoms with Gasteiger partial charge >= 0.3 is 6.18 Å². The zero-order valence-electron chi connectivity index (χ0n) is 12.6. The summed E-state index contributed by atoms with van der Waals surface area (Å²) in [4.78, 5) is 11.7. The topological polar surface area (TPSA) is 31.2 Å². The van der Waals surface area contributed by atoms with Crippen molar-refractivity contribution in [2.75, 3.05) is 7.11 Å². The lowest BCUT2D eigenvalue weighted by Gasteiger charge is -2.07. The fourth-order valence-electron chi connectivity index (χ4n) is 2.49. The van der Waals surface area contributed by atoms with E-state index < -0.39 is 22.8 Å². The number of rotatable bonds is 2. The second-order valence-electron chi connectivity index (χ2n) is 5.13. The zero-order valence-corrected chi connectivity index (χ0v) is 13.4. The molecule has 0 radical (unpaired) electrons. The van der Waals surface area contributed by atoms with Crippen LogP contribution >= 0.6 is 11.3 Å². The third-order valence-electron chi connectivity index (χ3n) is 3.56. The van der Waals surface area contributed by atoms with Crippen LogP contribution in [0.1, 0.15) is 20.2 Å². The third-order valence-corrected chi connectivity index (χ3v) is 4.68. The maximum atomic E-state index is 13.9. The quantitative estimate of drug-likeness (QED) is 0.613. The van der Waals surface area contributed by atoms with Gasteiger partial charge in [0.15, 0.2) is 11.6 Å². The number of aryl methyl sites for hydroxylation is 1. The Labute approximate surface area is 138 Å². The molecule has 3 rings (SSSR count). The molecule has 0 bridgehead atoms. The second-order valence-corrected chi connectivity index (χ2v) is 6.22. The normalized spacial score (nSPS) is 11.9.